The summed E-state index contributed by atoms with van der Waals surface area (Å²) < 4.78 is 38.7. The van der Waals surface area contributed by atoms with E-state index in [-0.39, 0.29) is 6.61 Å². The molecule has 0 fully saturated rings. The fourth-order valence-electron chi connectivity index (χ4n) is 2.51. The molecule has 0 amide bonds. The first-order chi connectivity index (χ1) is 13.3. The van der Waals surface area contributed by atoms with Crippen molar-refractivity contribution in [2.24, 2.45) is 0 Å². The topological polar surface area (TPSA) is 85.6 Å². The molecule has 0 unspecified atom stereocenters. The first-order valence-electron chi connectivity index (χ1n) is 8.98. The molecule has 1 aliphatic rings. The van der Waals surface area contributed by atoms with Gasteiger partial charge in [0.05, 0.1) is 52.9 Å². The maximum absolute atomic E-state index is 11.6. The van der Waals surface area contributed by atoms with E-state index in [4.69, 9.17) is 32.8 Å². The lowest BCUT2D eigenvalue weighted by molar-refractivity contribution is -0.00838. The van der Waals surface area contributed by atoms with Crippen LogP contribution in [0.4, 0.5) is 0 Å². The second-order valence-electron chi connectivity index (χ2n) is 5.71. The van der Waals surface area contributed by atoms with Crippen LogP contribution in [-0.2, 0) is 18.9 Å². The van der Waals surface area contributed by atoms with E-state index < -0.39 is 5.63 Å². The first kappa shape index (κ1) is 19.6. The SMILES string of the molecule is O=c1ccc2ccc3c(c2o1)OCCOCCOCCOCCOCCO3. The molecule has 0 N–H and O–H groups in total. The molecule has 0 spiro atoms. The van der Waals surface area contributed by atoms with Crippen LogP contribution in [0, 0.1) is 0 Å². The molecule has 148 valence electrons. The molecular weight excluding hydrogens is 356 g/mol. The molecule has 2 heterocycles. The zero-order valence-electron chi connectivity index (χ0n) is 15.1. The van der Waals surface area contributed by atoms with Crippen LogP contribution >= 0.6 is 0 Å². The highest BCUT2D eigenvalue weighted by Crippen LogP contribution is 2.35. The molecule has 3 rings (SSSR count). The van der Waals surface area contributed by atoms with E-state index in [1.54, 1.807) is 12.1 Å². The summed E-state index contributed by atoms with van der Waals surface area (Å²) in [4.78, 5) is 11.6. The molecule has 1 aromatic carbocycles. The van der Waals surface area contributed by atoms with Crippen LogP contribution in [0.25, 0.3) is 11.0 Å². The molecule has 8 heteroatoms. The minimum Gasteiger partial charge on any atom is -0.487 e. The van der Waals surface area contributed by atoms with Gasteiger partial charge in [-0.15, -0.1) is 0 Å². The van der Waals surface area contributed by atoms with Crippen LogP contribution in [0.3, 0.4) is 0 Å². The lowest BCUT2D eigenvalue weighted by Gasteiger charge is -2.15. The quantitative estimate of drug-likeness (QED) is 0.638. The van der Waals surface area contributed by atoms with Gasteiger partial charge in [-0.3, -0.25) is 0 Å². The number of hydrogen-bond donors (Lipinski definition) is 0. The van der Waals surface area contributed by atoms with Gasteiger partial charge in [-0.1, -0.05) is 0 Å². The minimum absolute atomic E-state index is 0.285. The highest BCUT2D eigenvalue weighted by Gasteiger charge is 2.14. The third-order valence-electron chi connectivity index (χ3n) is 3.78. The molecule has 0 saturated carbocycles. The Morgan fingerprint density at radius 2 is 1.11 bits per heavy atom. The van der Waals surface area contributed by atoms with E-state index in [0.29, 0.717) is 76.5 Å². The summed E-state index contributed by atoms with van der Waals surface area (Å²) in [7, 11) is 0. The third kappa shape index (κ3) is 6.21. The Morgan fingerprint density at radius 1 is 0.593 bits per heavy atom. The van der Waals surface area contributed by atoms with E-state index in [0.717, 1.165) is 5.39 Å². The lowest BCUT2D eigenvalue weighted by Crippen LogP contribution is -2.16. The largest absolute Gasteiger partial charge is 0.487 e. The summed E-state index contributed by atoms with van der Waals surface area (Å²) >= 11 is 0. The normalized spacial score (nSPS) is 18.5. The highest BCUT2D eigenvalue weighted by atomic mass is 16.6. The summed E-state index contributed by atoms with van der Waals surface area (Å²) in [5.41, 5.74) is -0.0947. The summed E-state index contributed by atoms with van der Waals surface area (Å²) in [6.07, 6.45) is 0. The molecule has 0 saturated heterocycles. The molecule has 0 radical (unpaired) electrons. The van der Waals surface area contributed by atoms with Gasteiger partial charge in [0.2, 0.25) is 5.75 Å². The number of hydrogen-bond acceptors (Lipinski definition) is 8. The Kier molecular flexibility index (Phi) is 7.91. The molecule has 0 bridgehead atoms. The highest BCUT2D eigenvalue weighted by molar-refractivity contribution is 5.85. The fraction of sp³-hybridized carbons (Fsp3) is 0.526. The maximum Gasteiger partial charge on any atom is 0.336 e. The van der Waals surface area contributed by atoms with Crippen LogP contribution in [-0.4, -0.2) is 66.1 Å². The van der Waals surface area contributed by atoms with Crippen molar-refractivity contribution in [2.75, 3.05) is 66.1 Å². The number of ether oxygens (including phenoxy) is 6. The molecule has 1 aliphatic heterocycles. The van der Waals surface area contributed by atoms with Gasteiger partial charge in [0, 0.05) is 11.5 Å². The summed E-state index contributed by atoms with van der Waals surface area (Å²) in [6, 6.07) is 6.66. The third-order valence-corrected chi connectivity index (χ3v) is 3.78. The van der Waals surface area contributed by atoms with E-state index in [2.05, 4.69) is 0 Å². The van der Waals surface area contributed by atoms with Gasteiger partial charge in [0.25, 0.3) is 0 Å². The van der Waals surface area contributed by atoms with Gasteiger partial charge in [0.1, 0.15) is 13.2 Å². The van der Waals surface area contributed by atoms with Gasteiger partial charge in [-0.25, -0.2) is 4.79 Å². The van der Waals surface area contributed by atoms with E-state index in [1.165, 1.54) is 6.07 Å². The molecule has 27 heavy (non-hydrogen) atoms. The molecule has 1 aromatic heterocycles. The first-order valence-corrected chi connectivity index (χ1v) is 8.98. The van der Waals surface area contributed by atoms with Gasteiger partial charge in [-0.2, -0.15) is 0 Å². The Bertz CT molecular complexity index is 757. The monoisotopic (exact) mass is 380 g/mol. The Morgan fingerprint density at radius 3 is 1.74 bits per heavy atom. The molecule has 8 nitrogen and oxygen atoms in total. The van der Waals surface area contributed by atoms with Crippen LogP contribution < -0.4 is 15.1 Å². The molecule has 2 aromatic rings. The smallest absolute Gasteiger partial charge is 0.336 e. The molecule has 0 atom stereocenters. The average molecular weight is 380 g/mol. The van der Waals surface area contributed by atoms with Crippen molar-refractivity contribution in [3.05, 3.63) is 34.7 Å². The van der Waals surface area contributed by atoms with Gasteiger partial charge in [-0.05, 0) is 18.2 Å². The summed E-state index contributed by atoms with van der Waals surface area (Å²) in [5, 5.41) is 0.752. The molecule has 0 aliphatic carbocycles. The van der Waals surface area contributed by atoms with E-state index >= 15 is 0 Å². The Balaban J connectivity index is 1.71. The van der Waals surface area contributed by atoms with Crippen molar-refractivity contribution >= 4 is 11.0 Å². The average Bonchev–Trinajstić information content (AvgIpc) is 2.67. The predicted octanol–water partition coefficient (Wildman–Crippen LogP) is 1.63. The van der Waals surface area contributed by atoms with E-state index in [1.807, 2.05) is 6.07 Å². The van der Waals surface area contributed by atoms with Crippen molar-refractivity contribution in [1.29, 1.82) is 0 Å². The Labute approximate surface area is 156 Å². The predicted molar refractivity (Wildman–Crippen MR) is 96.8 cm³/mol. The second kappa shape index (κ2) is 10.9. The number of fused-ring (bicyclic) bond motifs is 3. The zero-order chi connectivity index (χ0) is 18.7. The second-order valence-corrected chi connectivity index (χ2v) is 5.71. The minimum atomic E-state index is -0.448. The van der Waals surface area contributed by atoms with Crippen LogP contribution in [0.1, 0.15) is 0 Å². The summed E-state index contributed by atoms with van der Waals surface area (Å²) in [6.45, 7) is 4.34. The zero-order valence-corrected chi connectivity index (χ0v) is 15.1. The standard InChI is InChI=1S/C19H24O8/c20-17-4-2-15-1-3-16-19(18(15)27-17)26-14-12-24-10-8-22-6-5-21-7-9-23-11-13-25-16/h1-4H,5-14H2. The fourth-order valence-corrected chi connectivity index (χ4v) is 2.51. The number of rotatable bonds is 0. The lowest BCUT2D eigenvalue weighted by atomic mass is 10.2. The van der Waals surface area contributed by atoms with Crippen LogP contribution in [0.5, 0.6) is 11.5 Å². The van der Waals surface area contributed by atoms with Crippen LogP contribution in [0.15, 0.2) is 33.5 Å². The summed E-state index contributed by atoms with van der Waals surface area (Å²) in [5.74, 6) is 0.871. The number of benzene rings is 1. The van der Waals surface area contributed by atoms with Crippen molar-refractivity contribution in [1.82, 2.24) is 0 Å². The van der Waals surface area contributed by atoms with E-state index in [9.17, 15) is 4.79 Å². The van der Waals surface area contributed by atoms with Crippen molar-refractivity contribution in [2.45, 2.75) is 0 Å². The van der Waals surface area contributed by atoms with Gasteiger partial charge < -0.3 is 32.8 Å². The van der Waals surface area contributed by atoms with Crippen molar-refractivity contribution < 1.29 is 32.8 Å². The van der Waals surface area contributed by atoms with Crippen molar-refractivity contribution in [3.63, 3.8) is 0 Å². The Hall–Kier alpha value is -2.13. The van der Waals surface area contributed by atoms with Crippen molar-refractivity contribution in [3.8, 4) is 11.5 Å². The van der Waals surface area contributed by atoms with Gasteiger partial charge in [0.15, 0.2) is 11.3 Å². The maximum atomic E-state index is 11.6. The molecular formula is C19H24O8. The van der Waals surface area contributed by atoms with Gasteiger partial charge >= 0.3 is 5.63 Å². The van der Waals surface area contributed by atoms with Crippen LogP contribution in [0.2, 0.25) is 0 Å².